The number of hydrogen-bond acceptors (Lipinski definition) is 1. The van der Waals surface area contributed by atoms with Crippen molar-refractivity contribution >= 4 is 11.8 Å². The topological polar surface area (TPSA) is 12.4 Å². The van der Waals surface area contributed by atoms with Crippen LogP contribution in [-0.4, -0.2) is 12.8 Å². The predicted octanol–water partition coefficient (Wildman–Crippen LogP) is 14.0. The zero-order valence-electron chi connectivity index (χ0n) is 32.3. The lowest BCUT2D eigenvalue weighted by atomic mass is 9.71. The normalized spacial score (nSPS) is 21.1. The fraction of sp³-hybridized carbons (Fsp3) is 0.327. The molecule has 1 heteroatoms. The maximum atomic E-state index is 4.71. The van der Waals surface area contributed by atoms with Crippen molar-refractivity contribution in [1.82, 2.24) is 0 Å². The van der Waals surface area contributed by atoms with Gasteiger partial charge in [0.25, 0.3) is 0 Å². The molecule has 0 fully saturated rings. The highest BCUT2D eigenvalue weighted by molar-refractivity contribution is 6.09. The van der Waals surface area contributed by atoms with E-state index in [1.165, 1.54) is 39.0 Å². The third kappa shape index (κ3) is 11.0. The largest absolute Gasteiger partial charge is 0.288 e. The predicted molar refractivity (Wildman–Crippen MR) is 224 cm³/mol. The van der Waals surface area contributed by atoms with E-state index < -0.39 is 0 Å². The molecule has 0 saturated heterocycles. The van der Waals surface area contributed by atoms with Gasteiger partial charge in [-0.3, -0.25) is 4.99 Å². The van der Waals surface area contributed by atoms with Crippen LogP contribution < -0.4 is 0 Å². The molecule has 2 aliphatic carbocycles. The Labute approximate surface area is 305 Å². The van der Waals surface area contributed by atoms with Crippen LogP contribution in [0.3, 0.4) is 0 Å². The summed E-state index contributed by atoms with van der Waals surface area (Å²) in [7, 11) is 1.89. The van der Waals surface area contributed by atoms with E-state index >= 15 is 0 Å². The molecular weight excluding hydrogens is 603 g/mol. The maximum Gasteiger partial charge on any atom is 0.0608 e. The van der Waals surface area contributed by atoms with Gasteiger partial charge in [0, 0.05) is 13.0 Å². The molecule has 0 saturated carbocycles. The summed E-state index contributed by atoms with van der Waals surface area (Å²) in [4.78, 5) is 4.71. The summed E-state index contributed by atoms with van der Waals surface area (Å²) in [5, 5.41) is 0. The molecule has 0 heterocycles. The molecule has 1 nitrogen and oxygen atoms in total. The van der Waals surface area contributed by atoms with Crippen LogP contribution in [0.5, 0.6) is 0 Å². The highest BCUT2D eigenvalue weighted by atomic mass is 14.7. The second-order valence-corrected chi connectivity index (χ2v) is 13.4. The number of allylic oxidation sites excluding steroid dienone is 25. The monoisotopic (exact) mass is 663 g/mol. The van der Waals surface area contributed by atoms with Gasteiger partial charge in [-0.05, 0) is 103 Å². The molecule has 0 radical (unpaired) electrons. The Hall–Kier alpha value is -4.49. The quantitative estimate of drug-likeness (QED) is 0.123. The standard InChI is InChI=1S/C49H61N/c1-10-15-27-40(14-5)48(50-9)37-44(33-32-39-25-20-18-21-26-39)41(24-13-4)29-22-19-23-30-42(28-16-11-2)43-34-35-47-45(36-43)38(6)46(31-17-12-3)49(47,7)8/h10-11,15-18,20-37,45,47H,12-14,19H2,1-9H3/b15-10-,16-11-,29-22-,30-23+,31-17-,33-32+,40-27+,41-24+,42-28+,44-37-,50-48?. The zero-order valence-corrected chi connectivity index (χ0v) is 32.3. The number of aliphatic imine (C=N–C) groups is 1. The van der Waals surface area contributed by atoms with Gasteiger partial charge in [0.15, 0.2) is 0 Å². The van der Waals surface area contributed by atoms with Gasteiger partial charge in [-0.15, -0.1) is 0 Å². The van der Waals surface area contributed by atoms with Gasteiger partial charge in [-0.2, -0.15) is 0 Å². The summed E-state index contributed by atoms with van der Waals surface area (Å²) in [6.07, 6.45) is 46.6. The molecule has 0 bridgehead atoms. The maximum absolute atomic E-state index is 4.71. The van der Waals surface area contributed by atoms with Crippen molar-refractivity contribution in [3.8, 4) is 0 Å². The molecule has 0 spiro atoms. The Balaban J connectivity index is 1.92. The van der Waals surface area contributed by atoms with E-state index in [0.29, 0.717) is 11.8 Å². The van der Waals surface area contributed by atoms with Crippen LogP contribution in [0, 0.1) is 17.3 Å². The van der Waals surface area contributed by atoms with E-state index in [1.54, 1.807) is 0 Å². The van der Waals surface area contributed by atoms with Crippen molar-refractivity contribution in [3.63, 3.8) is 0 Å². The van der Waals surface area contributed by atoms with Crippen LogP contribution in [-0.2, 0) is 0 Å². The summed E-state index contributed by atoms with van der Waals surface area (Å²) >= 11 is 0. The van der Waals surface area contributed by atoms with E-state index in [1.807, 2.05) is 14.0 Å². The Bertz CT molecular complexity index is 1710. The Morgan fingerprint density at radius 1 is 0.840 bits per heavy atom. The van der Waals surface area contributed by atoms with Gasteiger partial charge in [0.2, 0.25) is 0 Å². The summed E-state index contributed by atoms with van der Waals surface area (Å²) < 4.78 is 0. The van der Waals surface area contributed by atoms with E-state index in [0.717, 1.165) is 37.0 Å². The Kier molecular flexibility index (Phi) is 16.7. The van der Waals surface area contributed by atoms with Crippen molar-refractivity contribution in [2.24, 2.45) is 22.2 Å². The minimum atomic E-state index is 0.130. The van der Waals surface area contributed by atoms with Gasteiger partial charge in [0.05, 0.1) is 5.71 Å². The molecule has 0 aliphatic heterocycles. The number of benzene rings is 1. The molecule has 1 aromatic rings. The van der Waals surface area contributed by atoms with Crippen molar-refractivity contribution < 1.29 is 0 Å². The SMILES string of the molecule is C\C=C/C=C(\C=C\C\C=C/C(=C\CC)C(=C\C(=NC)/C(=C/C=C\C)CC)/C=C/c1ccccc1)C1=CC2C(C)=C(/C=C\CC)C(C)(C)C2C=C1. The van der Waals surface area contributed by atoms with E-state index in [4.69, 9.17) is 4.99 Å². The number of fused-ring (bicyclic) bond motifs is 1. The number of rotatable bonds is 16. The fourth-order valence-electron chi connectivity index (χ4n) is 6.85. The summed E-state index contributed by atoms with van der Waals surface area (Å²) in [6, 6.07) is 10.5. The third-order valence-corrected chi connectivity index (χ3v) is 9.62. The van der Waals surface area contributed by atoms with Crippen LogP contribution in [0.2, 0.25) is 0 Å². The average molecular weight is 664 g/mol. The molecule has 0 N–H and O–H groups in total. The molecule has 3 rings (SSSR count). The second kappa shape index (κ2) is 20.9. The van der Waals surface area contributed by atoms with Crippen LogP contribution in [0.25, 0.3) is 6.08 Å². The van der Waals surface area contributed by atoms with Crippen molar-refractivity contribution in [3.05, 3.63) is 184 Å². The zero-order chi connectivity index (χ0) is 36.4. The number of hydrogen-bond donors (Lipinski definition) is 0. The molecule has 262 valence electrons. The van der Waals surface area contributed by atoms with Crippen LogP contribution >= 0.6 is 0 Å². The first-order chi connectivity index (χ1) is 24.2. The fourth-order valence-corrected chi connectivity index (χ4v) is 6.85. The molecule has 2 aliphatic rings. The Morgan fingerprint density at radius 3 is 2.22 bits per heavy atom. The smallest absolute Gasteiger partial charge is 0.0608 e. The summed E-state index contributed by atoms with van der Waals surface area (Å²) in [5.41, 5.74) is 11.4. The molecule has 0 amide bonds. The minimum absolute atomic E-state index is 0.130. The second-order valence-electron chi connectivity index (χ2n) is 13.4. The van der Waals surface area contributed by atoms with Gasteiger partial charge in [0.1, 0.15) is 0 Å². The van der Waals surface area contributed by atoms with Crippen LogP contribution in [0.1, 0.15) is 86.6 Å². The molecule has 2 atom stereocenters. The first kappa shape index (κ1) is 39.9. The highest BCUT2D eigenvalue weighted by Gasteiger charge is 2.44. The van der Waals surface area contributed by atoms with Gasteiger partial charge in [-0.1, -0.05) is 180 Å². The molecule has 2 unspecified atom stereocenters. The highest BCUT2D eigenvalue weighted by Crippen LogP contribution is 2.54. The lowest BCUT2D eigenvalue weighted by molar-refractivity contribution is 0.319. The molecule has 1 aromatic carbocycles. The van der Waals surface area contributed by atoms with Gasteiger partial charge < -0.3 is 0 Å². The molecule has 50 heavy (non-hydrogen) atoms. The lowest BCUT2D eigenvalue weighted by Gasteiger charge is -2.32. The first-order valence-electron chi connectivity index (χ1n) is 18.6. The Morgan fingerprint density at radius 2 is 1.56 bits per heavy atom. The number of nitrogens with zero attached hydrogens (tertiary/aromatic N) is 1. The molecule has 0 aromatic heterocycles. The average Bonchev–Trinajstić information content (AvgIpc) is 3.32. The minimum Gasteiger partial charge on any atom is -0.288 e. The van der Waals surface area contributed by atoms with Gasteiger partial charge in [-0.25, -0.2) is 0 Å². The van der Waals surface area contributed by atoms with E-state index in [-0.39, 0.29) is 5.41 Å². The summed E-state index contributed by atoms with van der Waals surface area (Å²) in [6.45, 7) is 17.9. The summed E-state index contributed by atoms with van der Waals surface area (Å²) in [5.74, 6) is 0.919. The first-order valence-corrected chi connectivity index (χ1v) is 18.6. The lowest BCUT2D eigenvalue weighted by Crippen LogP contribution is -2.24. The van der Waals surface area contributed by atoms with E-state index in [2.05, 4.69) is 194 Å². The van der Waals surface area contributed by atoms with Crippen molar-refractivity contribution in [2.75, 3.05) is 7.05 Å². The van der Waals surface area contributed by atoms with Crippen LogP contribution in [0.15, 0.2) is 184 Å². The third-order valence-electron chi connectivity index (χ3n) is 9.62. The van der Waals surface area contributed by atoms with E-state index in [9.17, 15) is 0 Å². The van der Waals surface area contributed by atoms with Crippen molar-refractivity contribution in [2.45, 2.75) is 81.1 Å². The van der Waals surface area contributed by atoms with Crippen LogP contribution in [0.4, 0.5) is 0 Å². The van der Waals surface area contributed by atoms with Gasteiger partial charge >= 0.3 is 0 Å². The van der Waals surface area contributed by atoms with Crippen molar-refractivity contribution in [1.29, 1.82) is 0 Å². The molecular formula is C49H61N.